The van der Waals surface area contributed by atoms with Crippen molar-refractivity contribution in [3.8, 4) is 0 Å². The molecule has 2 rings (SSSR count). The van der Waals surface area contributed by atoms with Gasteiger partial charge in [-0.05, 0) is 12.1 Å². The third-order valence-electron chi connectivity index (χ3n) is 3.82. The first-order valence-corrected chi connectivity index (χ1v) is 8.73. The molecule has 0 saturated carbocycles. The highest BCUT2D eigenvalue weighted by molar-refractivity contribution is 7.89. The molecule has 134 valence electrons. The Morgan fingerprint density at radius 1 is 1.12 bits per heavy atom. The lowest BCUT2D eigenvalue weighted by Gasteiger charge is -2.34. The third kappa shape index (κ3) is 4.25. The van der Waals surface area contributed by atoms with E-state index in [-0.39, 0.29) is 19.5 Å². The molecule has 10 heteroatoms. The normalized spacial score (nSPS) is 17.8. The Kier molecular flexibility index (Phi) is 5.51. The number of nitrogens with zero attached hydrogens (tertiary/aromatic N) is 2. The number of hydrogen-bond acceptors (Lipinski definition) is 4. The number of hydrogen-bond donors (Lipinski definition) is 1. The number of carbonyl (C=O) groups is 1. The van der Waals surface area contributed by atoms with Gasteiger partial charge < -0.3 is 10.6 Å². The van der Waals surface area contributed by atoms with Gasteiger partial charge in [0.25, 0.3) is 0 Å². The molecule has 6 nitrogen and oxygen atoms in total. The molecular formula is C14H18F3N3O3S. The molecule has 1 aromatic carbocycles. The molecule has 0 spiro atoms. The molecule has 0 aliphatic carbocycles. The number of benzene rings is 1. The molecule has 1 aliphatic rings. The molecule has 1 amide bonds. The summed E-state index contributed by atoms with van der Waals surface area (Å²) in [7, 11) is -4.24. The van der Waals surface area contributed by atoms with Crippen molar-refractivity contribution < 1.29 is 26.4 Å². The molecule has 1 aliphatic heterocycles. The topological polar surface area (TPSA) is 83.7 Å². The van der Waals surface area contributed by atoms with E-state index in [0.717, 1.165) is 22.5 Å². The SMILES string of the molecule is NC(=O)CCN1CCN(S(=O)(=O)c2ccccc2C(F)(F)F)CC1. The van der Waals surface area contributed by atoms with E-state index >= 15 is 0 Å². The van der Waals surface area contributed by atoms with E-state index < -0.39 is 32.6 Å². The highest BCUT2D eigenvalue weighted by Crippen LogP contribution is 2.35. The molecule has 0 radical (unpaired) electrons. The smallest absolute Gasteiger partial charge is 0.370 e. The number of alkyl halides is 3. The molecule has 24 heavy (non-hydrogen) atoms. The summed E-state index contributed by atoms with van der Waals surface area (Å²) in [6.07, 6.45) is -4.59. The van der Waals surface area contributed by atoms with Crippen molar-refractivity contribution in [1.29, 1.82) is 0 Å². The van der Waals surface area contributed by atoms with Crippen LogP contribution in [-0.2, 0) is 21.0 Å². The van der Waals surface area contributed by atoms with Crippen molar-refractivity contribution in [2.75, 3.05) is 32.7 Å². The Labute approximate surface area is 138 Å². The molecule has 0 unspecified atom stereocenters. The Bertz CT molecular complexity index is 699. The lowest BCUT2D eigenvalue weighted by molar-refractivity contribution is -0.140. The second-order valence-corrected chi connectivity index (χ2v) is 7.36. The summed E-state index contributed by atoms with van der Waals surface area (Å²) < 4.78 is 65.3. The van der Waals surface area contributed by atoms with Crippen molar-refractivity contribution >= 4 is 15.9 Å². The predicted molar refractivity (Wildman–Crippen MR) is 80.5 cm³/mol. The van der Waals surface area contributed by atoms with Gasteiger partial charge in [-0.25, -0.2) is 8.42 Å². The number of rotatable bonds is 5. The first-order chi connectivity index (χ1) is 11.1. The van der Waals surface area contributed by atoms with Gasteiger partial charge in [-0.15, -0.1) is 0 Å². The highest BCUT2D eigenvalue weighted by Gasteiger charge is 2.39. The van der Waals surface area contributed by atoms with Crippen LogP contribution in [-0.4, -0.2) is 56.3 Å². The van der Waals surface area contributed by atoms with E-state index in [9.17, 15) is 26.4 Å². The summed E-state index contributed by atoms with van der Waals surface area (Å²) >= 11 is 0. The van der Waals surface area contributed by atoms with Crippen LogP contribution in [0, 0.1) is 0 Å². The van der Waals surface area contributed by atoms with E-state index in [0.29, 0.717) is 19.6 Å². The molecule has 0 atom stereocenters. The van der Waals surface area contributed by atoms with E-state index in [1.54, 1.807) is 0 Å². The van der Waals surface area contributed by atoms with Crippen LogP contribution >= 0.6 is 0 Å². The summed E-state index contributed by atoms with van der Waals surface area (Å²) in [4.78, 5) is 11.9. The predicted octanol–water partition coefficient (Wildman–Crippen LogP) is 0.887. The van der Waals surface area contributed by atoms with E-state index in [4.69, 9.17) is 5.73 Å². The monoisotopic (exact) mass is 365 g/mol. The molecule has 0 bridgehead atoms. The maximum absolute atomic E-state index is 13.0. The van der Waals surface area contributed by atoms with Crippen LogP contribution in [0.4, 0.5) is 13.2 Å². The van der Waals surface area contributed by atoms with Gasteiger partial charge in [0, 0.05) is 39.1 Å². The molecule has 1 fully saturated rings. The van der Waals surface area contributed by atoms with E-state index in [1.165, 1.54) is 6.07 Å². The average molecular weight is 365 g/mol. The fourth-order valence-electron chi connectivity index (χ4n) is 2.53. The number of halogens is 3. The zero-order chi connectivity index (χ0) is 18.0. The van der Waals surface area contributed by atoms with E-state index in [2.05, 4.69) is 0 Å². The lowest BCUT2D eigenvalue weighted by Crippen LogP contribution is -2.49. The molecule has 1 aromatic rings. The Balaban J connectivity index is 2.15. The second-order valence-electron chi connectivity index (χ2n) is 5.46. The van der Waals surface area contributed by atoms with E-state index in [1.807, 2.05) is 4.90 Å². The van der Waals surface area contributed by atoms with Gasteiger partial charge in [-0.1, -0.05) is 12.1 Å². The van der Waals surface area contributed by atoms with Crippen molar-refractivity contribution in [3.63, 3.8) is 0 Å². The van der Waals surface area contributed by atoms with Gasteiger partial charge in [0.2, 0.25) is 15.9 Å². The number of carbonyl (C=O) groups excluding carboxylic acids is 1. The summed E-state index contributed by atoms with van der Waals surface area (Å²) in [5, 5.41) is 0. The molecule has 2 N–H and O–H groups in total. The maximum Gasteiger partial charge on any atom is 0.417 e. The van der Waals surface area contributed by atoms with Gasteiger partial charge in [0.15, 0.2) is 0 Å². The Morgan fingerprint density at radius 3 is 2.25 bits per heavy atom. The lowest BCUT2D eigenvalue weighted by atomic mass is 10.2. The van der Waals surface area contributed by atoms with Crippen LogP contribution in [0.15, 0.2) is 29.2 Å². The quantitative estimate of drug-likeness (QED) is 0.840. The van der Waals surface area contributed by atoms with Crippen molar-refractivity contribution in [1.82, 2.24) is 9.21 Å². The van der Waals surface area contributed by atoms with Gasteiger partial charge in [-0.2, -0.15) is 17.5 Å². The summed E-state index contributed by atoms with van der Waals surface area (Å²) in [6.45, 7) is 1.20. The average Bonchev–Trinajstić information content (AvgIpc) is 2.52. The number of amides is 1. The van der Waals surface area contributed by atoms with Crippen molar-refractivity contribution in [2.24, 2.45) is 5.73 Å². The summed E-state index contributed by atoms with van der Waals surface area (Å²) in [5.74, 6) is -0.454. The first-order valence-electron chi connectivity index (χ1n) is 7.29. The highest BCUT2D eigenvalue weighted by atomic mass is 32.2. The zero-order valence-electron chi connectivity index (χ0n) is 12.8. The molecular weight excluding hydrogens is 347 g/mol. The fourth-order valence-corrected chi connectivity index (χ4v) is 4.16. The molecule has 1 saturated heterocycles. The van der Waals surface area contributed by atoms with Gasteiger partial charge in [0.1, 0.15) is 0 Å². The van der Waals surface area contributed by atoms with Crippen LogP contribution in [0.1, 0.15) is 12.0 Å². The zero-order valence-corrected chi connectivity index (χ0v) is 13.6. The molecule has 1 heterocycles. The minimum absolute atomic E-state index is 0.0628. The van der Waals surface area contributed by atoms with Crippen molar-refractivity contribution in [2.45, 2.75) is 17.5 Å². The Hall–Kier alpha value is -1.65. The van der Waals surface area contributed by atoms with Gasteiger partial charge in [-0.3, -0.25) is 4.79 Å². The van der Waals surface area contributed by atoms with Gasteiger partial charge in [0.05, 0.1) is 10.5 Å². The second kappa shape index (κ2) is 7.08. The number of nitrogens with two attached hydrogens (primary N) is 1. The number of primary amides is 1. The first kappa shape index (κ1) is 18.7. The largest absolute Gasteiger partial charge is 0.417 e. The van der Waals surface area contributed by atoms with Crippen LogP contribution in [0.3, 0.4) is 0 Å². The van der Waals surface area contributed by atoms with Crippen LogP contribution in [0.2, 0.25) is 0 Å². The van der Waals surface area contributed by atoms with Crippen LogP contribution in [0.25, 0.3) is 0 Å². The molecule has 0 aromatic heterocycles. The third-order valence-corrected chi connectivity index (χ3v) is 5.77. The standard InChI is InChI=1S/C14H18F3N3O3S/c15-14(16,17)11-3-1-2-4-12(11)24(22,23)20-9-7-19(8-10-20)6-5-13(18)21/h1-4H,5-10H2,(H2,18,21). The fraction of sp³-hybridized carbons (Fsp3) is 0.500. The maximum atomic E-state index is 13.0. The Morgan fingerprint density at radius 2 is 1.71 bits per heavy atom. The van der Waals surface area contributed by atoms with Crippen LogP contribution < -0.4 is 5.73 Å². The van der Waals surface area contributed by atoms with Crippen LogP contribution in [0.5, 0.6) is 0 Å². The minimum atomic E-state index is -4.74. The number of sulfonamides is 1. The minimum Gasteiger partial charge on any atom is -0.370 e. The van der Waals surface area contributed by atoms with Crippen molar-refractivity contribution in [3.05, 3.63) is 29.8 Å². The summed E-state index contributed by atoms with van der Waals surface area (Å²) in [5.41, 5.74) is 3.90. The number of piperazine rings is 1. The summed E-state index contributed by atoms with van der Waals surface area (Å²) in [6, 6.07) is 4.16. The van der Waals surface area contributed by atoms with Gasteiger partial charge >= 0.3 is 6.18 Å².